The molecule has 29 heavy (non-hydrogen) atoms. The zero-order valence-electron chi connectivity index (χ0n) is 17.9. The topological polar surface area (TPSA) is 91.2 Å². The van der Waals surface area contributed by atoms with Crippen LogP contribution in [-0.2, 0) is 17.9 Å². The summed E-state index contributed by atoms with van der Waals surface area (Å²) in [5, 5.41) is 12.2. The molecule has 0 spiro atoms. The number of nitrogens with zero attached hydrogens (tertiary/aromatic N) is 6. The van der Waals surface area contributed by atoms with E-state index in [1.54, 1.807) is 0 Å². The summed E-state index contributed by atoms with van der Waals surface area (Å²) in [4.78, 5) is 16.9. The van der Waals surface area contributed by atoms with Crippen LogP contribution in [0.25, 0.3) is 0 Å². The maximum atomic E-state index is 12.6. The molecule has 3 aliphatic rings. The molecule has 1 amide bonds. The number of rotatable bonds is 8. The molecule has 9 heteroatoms. The van der Waals surface area contributed by atoms with Crippen LogP contribution in [0.15, 0.2) is 0 Å². The highest BCUT2D eigenvalue weighted by atomic mass is 16.2. The third-order valence-corrected chi connectivity index (χ3v) is 7.04. The standard InChI is InChI=1S/C20H36N8O/c1-15-8-11-27(12-9-15)14-19-23-24-25-28(19)10-4-7-20(29)26(2)13-18-16-5-3-6-17(16)21-22-18/h15-18,21-22H,3-14H2,1-2H3. The molecule has 3 fully saturated rings. The molecule has 3 atom stereocenters. The summed E-state index contributed by atoms with van der Waals surface area (Å²) in [6.07, 6.45) is 7.59. The predicted molar refractivity (Wildman–Crippen MR) is 110 cm³/mol. The number of amides is 1. The number of piperidine rings is 1. The fourth-order valence-electron chi connectivity index (χ4n) is 5.05. The van der Waals surface area contributed by atoms with Crippen molar-refractivity contribution >= 4 is 5.91 Å². The Balaban J connectivity index is 1.19. The van der Waals surface area contributed by atoms with E-state index in [1.807, 2.05) is 16.6 Å². The van der Waals surface area contributed by atoms with Crippen LogP contribution in [0.5, 0.6) is 0 Å². The fourth-order valence-corrected chi connectivity index (χ4v) is 5.05. The van der Waals surface area contributed by atoms with Crippen LogP contribution < -0.4 is 10.9 Å². The number of aromatic nitrogens is 4. The maximum absolute atomic E-state index is 12.6. The molecule has 0 radical (unpaired) electrons. The highest BCUT2D eigenvalue weighted by Crippen LogP contribution is 2.31. The lowest BCUT2D eigenvalue weighted by Gasteiger charge is -2.29. The van der Waals surface area contributed by atoms with Gasteiger partial charge < -0.3 is 4.90 Å². The van der Waals surface area contributed by atoms with Gasteiger partial charge in [0.05, 0.1) is 6.54 Å². The highest BCUT2D eigenvalue weighted by molar-refractivity contribution is 5.75. The second kappa shape index (κ2) is 9.49. The zero-order chi connectivity index (χ0) is 20.2. The quantitative estimate of drug-likeness (QED) is 0.662. The molecule has 2 N–H and O–H groups in total. The third-order valence-electron chi connectivity index (χ3n) is 7.04. The molecule has 2 aliphatic heterocycles. The molecule has 0 aromatic carbocycles. The summed E-state index contributed by atoms with van der Waals surface area (Å²) in [7, 11) is 1.92. The van der Waals surface area contributed by atoms with Gasteiger partial charge in [-0.15, -0.1) is 5.10 Å². The van der Waals surface area contributed by atoms with Crippen molar-refractivity contribution in [1.29, 1.82) is 0 Å². The van der Waals surface area contributed by atoms with Crippen LogP contribution in [0.1, 0.15) is 57.7 Å². The first-order valence-electron chi connectivity index (χ1n) is 11.3. The van der Waals surface area contributed by atoms with Crippen molar-refractivity contribution in [3.8, 4) is 0 Å². The lowest BCUT2D eigenvalue weighted by atomic mass is 9.97. The molecule has 4 rings (SSSR count). The Hall–Kier alpha value is -1.58. The molecule has 3 unspecified atom stereocenters. The van der Waals surface area contributed by atoms with E-state index in [0.717, 1.165) is 44.3 Å². The van der Waals surface area contributed by atoms with Crippen LogP contribution >= 0.6 is 0 Å². The third kappa shape index (κ3) is 5.13. The van der Waals surface area contributed by atoms with Gasteiger partial charge in [-0.3, -0.25) is 20.5 Å². The van der Waals surface area contributed by atoms with Crippen molar-refractivity contribution in [1.82, 2.24) is 40.9 Å². The molecule has 1 aromatic heterocycles. The molecule has 1 aliphatic carbocycles. The SMILES string of the molecule is CC1CCN(Cc2nnnn2CCCC(=O)N(C)CC2NNC3CCCC32)CC1. The normalized spacial score (nSPS) is 28.0. The average molecular weight is 405 g/mol. The van der Waals surface area contributed by atoms with E-state index < -0.39 is 0 Å². The molecular weight excluding hydrogens is 368 g/mol. The predicted octanol–water partition coefficient (Wildman–Crippen LogP) is 0.789. The number of carbonyl (C=O) groups excluding carboxylic acids is 1. The first-order valence-corrected chi connectivity index (χ1v) is 11.3. The van der Waals surface area contributed by atoms with E-state index >= 15 is 0 Å². The van der Waals surface area contributed by atoms with Gasteiger partial charge >= 0.3 is 0 Å². The highest BCUT2D eigenvalue weighted by Gasteiger charge is 2.39. The van der Waals surface area contributed by atoms with Gasteiger partial charge in [0.1, 0.15) is 0 Å². The van der Waals surface area contributed by atoms with E-state index in [-0.39, 0.29) is 5.91 Å². The Kier molecular flexibility index (Phi) is 6.77. The van der Waals surface area contributed by atoms with E-state index in [1.165, 1.54) is 32.1 Å². The van der Waals surface area contributed by atoms with Gasteiger partial charge in [-0.05, 0) is 67.5 Å². The number of carbonyl (C=O) groups is 1. The number of likely N-dealkylation sites (tertiary alicyclic amines) is 1. The number of fused-ring (bicyclic) bond motifs is 1. The minimum Gasteiger partial charge on any atom is -0.344 e. The minimum absolute atomic E-state index is 0.202. The summed E-state index contributed by atoms with van der Waals surface area (Å²) >= 11 is 0. The molecule has 0 bridgehead atoms. The second-order valence-corrected chi connectivity index (χ2v) is 9.25. The van der Waals surface area contributed by atoms with Crippen LogP contribution in [0.4, 0.5) is 0 Å². The van der Waals surface area contributed by atoms with Gasteiger partial charge in [-0.25, -0.2) is 4.68 Å². The number of nitrogens with one attached hydrogen (secondary N) is 2. The number of hydrogen-bond acceptors (Lipinski definition) is 7. The van der Waals surface area contributed by atoms with Gasteiger partial charge in [0.15, 0.2) is 5.82 Å². The average Bonchev–Trinajstić information content (AvgIpc) is 3.43. The molecule has 2 saturated heterocycles. The number of tetrazole rings is 1. The summed E-state index contributed by atoms with van der Waals surface area (Å²) in [6.45, 7) is 6.82. The lowest BCUT2D eigenvalue weighted by molar-refractivity contribution is -0.130. The number of hydrogen-bond donors (Lipinski definition) is 2. The Labute approximate surface area is 173 Å². The van der Waals surface area contributed by atoms with Crippen LogP contribution in [-0.4, -0.2) is 74.7 Å². The van der Waals surface area contributed by atoms with Crippen LogP contribution in [0, 0.1) is 11.8 Å². The first-order chi connectivity index (χ1) is 14.1. The van der Waals surface area contributed by atoms with E-state index in [9.17, 15) is 4.79 Å². The zero-order valence-corrected chi connectivity index (χ0v) is 17.9. The van der Waals surface area contributed by atoms with Crippen molar-refractivity contribution in [3.63, 3.8) is 0 Å². The van der Waals surface area contributed by atoms with E-state index in [4.69, 9.17) is 0 Å². The van der Waals surface area contributed by atoms with Gasteiger partial charge in [-0.1, -0.05) is 13.3 Å². The molecule has 1 aromatic rings. The lowest BCUT2D eigenvalue weighted by Crippen LogP contribution is -2.43. The molecule has 3 heterocycles. The van der Waals surface area contributed by atoms with Crippen molar-refractivity contribution in [3.05, 3.63) is 5.82 Å². The summed E-state index contributed by atoms with van der Waals surface area (Å²) < 4.78 is 1.87. The van der Waals surface area contributed by atoms with E-state index in [0.29, 0.717) is 31.0 Å². The number of hydrazine groups is 1. The van der Waals surface area contributed by atoms with Crippen LogP contribution in [0.2, 0.25) is 0 Å². The Morgan fingerprint density at radius 1 is 1.21 bits per heavy atom. The molecule has 1 saturated carbocycles. The van der Waals surface area contributed by atoms with Gasteiger partial charge in [0, 0.05) is 38.6 Å². The smallest absolute Gasteiger partial charge is 0.222 e. The summed E-state index contributed by atoms with van der Waals surface area (Å²) in [5.41, 5.74) is 6.79. The molecular formula is C20H36N8O. The summed E-state index contributed by atoms with van der Waals surface area (Å²) in [5.74, 6) is 2.59. The van der Waals surface area contributed by atoms with Gasteiger partial charge in [0.2, 0.25) is 5.91 Å². The largest absolute Gasteiger partial charge is 0.344 e. The first kappa shape index (κ1) is 20.7. The summed E-state index contributed by atoms with van der Waals surface area (Å²) in [6, 6.07) is 0.958. The molecule has 9 nitrogen and oxygen atoms in total. The number of likely N-dealkylation sites (N-methyl/N-ethyl adjacent to an activating group) is 1. The van der Waals surface area contributed by atoms with E-state index in [2.05, 4.69) is 38.2 Å². The fraction of sp³-hybridized carbons (Fsp3) is 0.900. The maximum Gasteiger partial charge on any atom is 0.222 e. The van der Waals surface area contributed by atoms with Crippen molar-refractivity contribution in [2.45, 2.75) is 77.0 Å². The Morgan fingerprint density at radius 2 is 2.03 bits per heavy atom. The van der Waals surface area contributed by atoms with Gasteiger partial charge in [-0.2, -0.15) is 0 Å². The second-order valence-electron chi connectivity index (χ2n) is 9.25. The molecule has 162 valence electrons. The Bertz CT molecular complexity index is 671. The van der Waals surface area contributed by atoms with Gasteiger partial charge in [0.25, 0.3) is 0 Å². The monoisotopic (exact) mass is 404 g/mol. The number of aryl methyl sites for hydroxylation is 1. The van der Waals surface area contributed by atoms with Crippen LogP contribution in [0.3, 0.4) is 0 Å². The minimum atomic E-state index is 0.202. The van der Waals surface area contributed by atoms with Crippen molar-refractivity contribution in [2.75, 3.05) is 26.7 Å². The van der Waals surface area contributed by atoms with Crippen molar-refractivity contribution in [2.24, 2.45) is 11.8 Å². The Morgan fingerprint density at radius 3 is 2.86 bits per heavy atom. The van der Waals surface area contributed by atoms with Crippen molar-refractivity contribution < 1.29 is 4.79 Å².